The lowest BCUT2D eigenvalue weighted by atomic mass is 9.80. The summed E-state index contributed by atoms with van der Waals surface area (Å²) >= 11 is 7.72. The van der Waals surface area contributed by atoms with Gasteiger partial charge in [-0.1, -0.05) is 101 Å². The molecule has 0 radical (unpaired) electrons. The largest absolute Gasteiger partial charge is 0.329 e. The predicted octanol–water partition coefficient (Wildman–Crippen LogP) is 7.58. The van der Waals surface area contributed by atoms with Crippen molar-refractivity contribution in [2.24, 2.45) is 11.3 Å². The van der Waals surface area contributed by atoms with Gasteiger partial charge in [-0.05, 0) is 75.7 Å². The van der Waals surface area contributed by atoms with Gasteiger partial charge in [0.1, 0.15) is 5.82 Å². The lowest BCUT2D eigenvalue weighted by molar-refractivity contribution is 0.188. The molecule has 2 fully saturated rings. The van der Waals surface area contributed by atoms with Gasteiger partial charge in [-0.3, -0.25) is 4.90 Å². The number of nitrogens with zero attached hydrogens (tertiary/aromatic N) is 3. The van der Waals surface area contributed by atoms with Gasteiger partial charge in [0.25, 0.3) is 0 Å². The van der Waals surface area contributed by atoms with Gasteiger partial charge in [-0.2, -0.15) is 0 Å². The van der Waals surface area contributed by atoms with Crippen LogP contribution in [0.3, 0.4) is 0 Å². The van der Waals surface area contributed by atoms with Crippen LogP contribution in [0.5, 0.6) is 0 Å². The highest BCUT2D eigenvalue weighted by Gasteiger charge is 2.40. The lowest BCUT2D eigenvalue weighted by Crippen LogP contribution is -2.40. The predicted molar refractivity (Wildman–Crippen MR) is 173 cm³/mol. The summed E-state index contributed by atoms with van der Waals surface area (Å²) in [5.74, 6) is 1.85. The van der Waals surface area contributed by atoms with E-state index in [0.717, 1.165) is 18.4 Å². The van der Waals surface area contributed by atoms with E-state index in [1.165, 1.54) is 61.8 Å². The molecule has 1 saturated carbocycles. The number of rotatable bonds is 7. The highest BCUT2D eigenvalue weighted by Crippen LogP contribution is 2.48. The van der Waals surface area contributed by atoms with Gasteiger partial charge in [0.15, 0.2) is 0 Å². The van der Waals surface area contributed by atoms with E-state index >= 15 is 0 Å². The first kappa shape index (κ1) is 28.6. The monoisotopic (exact) mass is 817 g/mol. The second-order valence-corrected chi connectivity index (χ2v) is 19.4. The van der Waals surface area contributed by atoms with Crippen LogP contribution in [0, 0.1) is 11.3 Å². The number of hydrogen-bond donors (Lipinski definition) is 2. The molecule has 8 heteroatoms. The van der Waals surface area contributed by atoms with Crippen molar-refractivity contribution in [3.05, 3.63) is 47.7 Å². The van der Waals surface area contributed by atoms with E-state index in [1.54, 1.807) is 0 Å². The summed E-state index contributed by atoms with van der Waals surface area (Å²) < 4.78 is 0.624. The van der Waals surface area contributed by atoms with Crippen LogP contribution in [-0.4, -0.2) is 39.1 Å². The molecular formula is C27H42I3N5. The van der Waals surface area contributed by atoms with Crippen molar-refractivity contribution in [2.75, 3.05) is 6.67 Å². The highest BCUT2D eigenvalue weighted by atomic mass is 127. The van der Waals surface area contributed by atoms with Gasteiger partial charge < -0.3 is 9.80 Å². The molecule has 0 spiro atoms. The molecule has 4 unspecified atom stereocenters. The summed E-state index contributed by atoms with van der Waals surface area (Å²) in [6.45, 7) is 17.3. The molecule has 35 heavy (non-hydrogen) atoms. The molecule has 0 aromatic carbocycles. The topological polar surface area (TPSA) is 33.8 Å². The van der Waals surface area contributed by atoms with Crippen molar-refractivity contribution in [1.82, 2.24) is 25.6 Å². The Hall–Kier alpha value is 0.630. The number of alkyl halides is 3. The third-order valence-electron chi connectivity index (χ3n) is 8.02. The first-order valence-electron chi connectivity index (χ1n) is 13.0. The number of allylic oxidation sites excluding steroid dienone is 3. The summed E-state index contributed by atoms with van der Waals surface area (Å²) in [6, 6.07) is 0.510. The third kappa shape index (κ3) is 6.62. The van der Waals surface area contributed by atoms with Crippen LogP contribution in [-0.2, 0) is 0 Å². The van der Waals surface area contributed by atoms with E-state index in [2.05, 4.69) is 153 Å². The maximum atomic E-state index is 4.58. The van der Waals surface area contributed by atoms with E-state index in [-0.39, 0.29) is 1.43 Å². The molecule has 0 bridgehead atoms. The molecule has 0 amide bonds. The van der Waals surface area contributed by atoms with Crippen LogP contribution < -0.4 is 10.9 Å². The first-order chi connectivity index (χ1) is 16.4. The van der Waals surface area contributed by atoms with Crippen molar-refractivity contribution in [2.45, 2.75) is 97.2 Å². The molecule has 1 aliphatic carbocycles. The van der Waals surface area contributed by atoms with Crippen LogP contribution in [0.4, 0.5) is 0 Å². The molecule has 196 valence electrons. The second-order valence-electron chi connectivity index (χ2n) is 11.6. The zero-order valence-electron chi connectivity index (χ0n) is 21.9. The van der Waals surface area contributed by atoms with Crippen LogP contribution in [0.1, 0.15) is 79.6 Å². The van der Waals surface area contributed by atoms with Gasteiger partial charge in [0, 0.05) is 24.0 Å². The minimum Gasteiger partial charge on any atom is -0.329 e. The summed E-state index contributed by atoms with van der Waals surface area (Å²) in [4.78, 5) is 7.44. The molecule has 3 heterocycles. The molecule has 4 aliphatic rings. The van der Waals surface area contributed by atoms with E-state index < -0.39 is 0 Å². The first-order valence-corrected chi connectivity index (χ1v) is 16.4. The fraction of sp³-hybridized carbons (Fsp3) is 0.704. The Morgan fingerprint density at radius 1 is 1.26 bits per heavy atom. The Bertz CT molecular complexity index is 903. The van der Waals surface area contributed by atoms with Crippen molar-refractivity contribution >= 4 is 67.8 Å². The summed E-state index contributed by atoms with van der Waals surface area (Å²) in [7, 11) is 0. The molecule has 2 N–H and O–H groups in total. The average molecular weight is 817 g/mol. The number of hydrogen-bond acceptors (Lipinski definition) is 5. The Kier molecular flexibility index (Phi) is 9.32. The minimum absolute atomic E-state index is 0.0442. The van der Waals surface area contributed by atoms with Crippen LogP contribution in [0.15, 0.2) is 47.7 Å². The van der Waals surface area contributed by atoms with Gasteiger partial charge in [0.2, 0.25) is 0 Å². The Morgan fingerprint density at radius 3 is 2.69 bits per heavy atom. The van der Waals surface area contributed by atoms with Crippen LogP contribution in [0.25, 0.3) is 0 Å². The maximum Gasteiger partial charge on any atom is 0.110 e. The summed E-state index contributed by atoms with van der Waals surface area (Å²) in [6.07, 6.45) is 16.2. The molecule has 4 rings (SSSR count). The van der Waals surface area contributed by atoms with E-state index in [4.69, 9.17) is 0 Å². The molecule has 0 aromatic rings. The summed E-state index contributed by atoms with van der Waals surface area (Å²) in [5, 5.41) is 0. The lowest BCUT2D eigenvalue weighted by Gasteiger charge is -2.34. The second kappa shape index (κ2) is 11.4. The standard InChI is InChI=1S/C27H42I3N5/c1-7-24(28)35-17-31-32-25(35)9-8-20-13-21(10-11-26(4,5)14-20)33-16-23-22(27(6,29)30)12-18(2)15-34(23)19(33)3/h12,15-16,20-21,24-25,31-32H,3,7-11,13-14,17H2,1-2,4-6H3. The number of halogens is 3. The van der Waals surface area contributed by atoms with Crippen molar-refractivity contribution < 1.29 is 0 Å². The Balaban J connectivity index is 1.50. The molecule has 4 atom stereocenters. The molecule has 3 aliphatic heterocycles. The van der Waals surface area contributed by atoms with Gasteiger partial charge >= 0.3 is 0 Å². The Morgan fingerprint density at radius 2 is 2.00 bits per heavy atom. The van der Waals surface area contributed by atoms with Crippen LogP contribution in [0.2, 0.25) is 0 Å². The smallest absolute Gasteiger partial charge is 0.110 e. The van der Waals surface area contributed by atoms with Crippen molar-refractivity contribution in [1.29, 1.82) is 0 Å². The zero-order chi connectivity index (χ0) is 25.5. The quantitative estimate of drug-likeness (QED) is 0.120. The molecular weight excluding hydrogens is 775 g/mol. The molecule has 0 aromatic heterocycles. The van der Waals surface area contributed by atoms with E-state index in [9.17, 15) is 0 Å². The fourth-order valence-corrected chi connectivity index (χ4v) is 7.64. The number of nitrogens with one attached hydrogen (secondary N) is 2. The van der Waals surface area contributed by atoms with Gasteiger partial charge in [-0.25, -0.2) is 10.9 Å². The number of fused-ring (bicyclic) bond motifs is 1. The normalized spacial score (nSPS) is 30.6. The Labute approximate surface area is 254 Å². The zero-order valence-corrected chi connectivity index (χ0v) is 28.4. The van der Waals surface area contributed by atoms with Gasteiger partial charge in [-0.15, -0.1) is 0 Å². The SMILES string of the molecule is C=C1N2C=C(C)C=C(C(C)(I)I)C2=CN1C1CCC(C)(C)CC(CCC2NNCN2C(I)CC)C1. The van der Waals surface area contributed by atoms with Gasteiger partial charge in [0.05, 0.1) is 24.0 Å². The maximum absolute atomic E-state index is 4.58. The van der Waals surface area contributed by atoms with E-state index in [0.29, 0.717) is 21.7 Å². The van der Waals surface area contributed by atoms with Crippen molar-refractivity contribution in [3.8, 4) is 0 Å². The minimum atomic E-state index is 0.0442. The third-order valence-corrected chi connectivity index (χ3v) is 10.8. The molecule has 1 saturated heterocycles. The van der Waals surface area contributed by atoms with Crippen LogP contribution >= 0.6 is 67.8 Å². The summed E-state index contributed by atoms with van der Waals surface area (Å²) in [5.41, 5.74) is 11.3. The number of hydrazine groups is 1. The van der Waals surface area contributed by atoms with Crippen molar-refractivity contribution in [3.63, 3.8) is 0 Å². The molecule has 5 nitrogen and oxygen atoms in total. The fourth-order valence-electron chi connectivity index (χ4n) is 6.19. The average Bonchev–Trinajstić information content (AvgIpc) is 3.33. The van der Waals surface area contributed by atoms with E-state index in [1.807, 2.05) is 0 Å². The highest BCUT2D eigenvalue weighted by molar-refractivity contribution is 14.2.